The van der Waals surface area contributed by atoms with Gasteiger partial charge in [-0.25, -0.2) is 0 Å². The highest BCUT2D eigenvalue weighted by Gasteiger charge is 2.21. The summed E-state index contributed by atoms with van der Waals surface area (Å²) in [5, 5.41) is 5.85. The summed E-state index contributed by atoms with van der Waals surface area (Å²) in [5.74, 6) is 1.42. The van der Waals surface area contributed by atoms with Crippen LogP contribution in [0.5, 0.6) is 0 Å². The highest BCUT2D eigenvalue weighted by Crippen LogP contribution is 2.30. The first-order chi connectivity index (χ1) is 7.94. The Morgan fingerprint density at radius 3 is 2.53 bits per heavy atom. The van der Waals surface area contributed by atoms with E-state index in [-0.39, 0.29) is 5.54 Å². The van der Waals surface area contributed by atoms with Gasteiger partial charge in [0.2, 0.25) is 0 Å². The highest BCUT2D eigenvalue weighted by molar-refractivity contribution is 7.10. The van der Waals surface area contributed by atoms with Crippen LogP contribution < -0.4 is 5.32 Å². The van der Waals surface area contributed by atoms with Crippen LogP contribution in [0.2, 0.25) is 0 Å². The maximum Gasteiger partial charge on any atom is 0.00967 e. The van der Waals surface area contributed by atoms with Crippen molar-refractivity contribution >= 4 is 11.3 Å². The number of rotatable bonds is 6. The smallest absolute Gasteiger partial charge is 0.00967 e. The van der Waals surface area contributed by atoms with Gasteiger partial charge in [0.15, 0.2) is 0 Å². The molecule has 0 fully saturated rings. The van der Waals surface area contributed by atoms with E-state index < -0.39 is 0 Å². The second-order valence-corrected chi connectivity index (χ2v) is 7.00. The monoisotopic (exact) mass is 253 g/mol. The molecule has 0 aliphatic heterocycles. The van der Waals surface area contributed by atoms with Crippen LogP contribution in [0.4, 0.5) is 0 Å². The van der Waals surface area contributed by atoms with Crippen LogP contribution in [0.25, 0.3) is 0 Å². The third-order valence-electron chi connectivity index (χ3n) is 3.19. The van der Waals surface area contributed by atoms with Crippen LogP contribution in [-0.2, 0) is 0 Å². The van der Waals surface area contributed by atoms with Gasteiger partial charge in [-0.15, -0.1) is 11.3 Å². The predicted molar refractivity (Wildman–Crippen MR) is 78.9 cm³/mol. The lowest BCUT2D eigenvalue weighted by Crippen LogP contribution is -2.39. The summed E-state index contributed by atoms with van der Waals surface area (Å²) in [5.41, 5.74) is 0.210. The molecular weight excluding hydrogens is 226 g/mol. The minimum atomic E-state index is 0.210. The zero-order chi connectivity index (χ0) is 12.9. The van der Waals surface area contributed by atoms with Gasteiger partial charge in [0.25, 0.3) is 0 Å². The van der Waals surface area contributed by atoms with Gasteiger partial charge in [-0.3, -0.25) is 0 Å². The standard InChI is InChI=1S/C15H27NS/c1-6-8-12(2)13(11-16-15(3,4)5)14-9-7-10-17-14/h7,9-10,12-13,16H,6,8,11H2,1-5H3. The fourth-order valence-electron chi connectivity index (χ4n) is 2.16. The molecule has 2 heteroatoms. The molecule has 2 atom stereocenters. The van der Waals surface area contributed by atoms with Crippen molar-refractivity contribution in [2.45, 2.75) is 58.9 Å². The topological polar surface area (TPSA) is 12.0 Å². The third-order valence-corrected chi connectivity index (χ3v) is 4.20. The fourth-order valence-corrected chi connectivity index (χ4v) is 3.12. The maximum absolute atomic E-state index is 3.66. The minimum Gasteiger partial charge on any atom is -0.311 e. The van der Waals surface area contributed by atoms with E-state index in [1.165, 1.54) is 17.7 Å². The van der Waals surface area contributed by atoms with E-state index in [9.17, 15) is 0 Å². The normalized spacial score (nSPS) is 15.8. The van der Waals surface area contributed by atoms with E-state index in [1.807, 2.05) is 11.3 Å². The first-order valence-electron chi connectivity index (χ1n) is 6.72. The lowest BCUT2D eigenvalue weighted by atomic mass is 9.88. The second-order valence-electron chi connectivity index (χ2n) is 6.02. The van der Waals surface area contributed by atoms with E-state index in [0.29, 0.717) is 5.92 Å². The van der Waals surface area contributed by atoms with Crippen molar-refractivity contribution < 1.29 is 0 Å². The molecule has 0 radical (unpaired) electrons. The first-order valence-corrected chi connectivity index (χ1v) is 7.60. The average Bonchev–Trinajstić information content (AvgIpc) is 2.70. The number of hydrogen-bond acceptors (Lipinski definition) is 2. The Morgan fingerprint density at radius 1 is 1.35 bits per heavy atom. The Bertz CT molecular complexity index is 297. The molecule has 1 N–H and O–H groups in total. The van der Waals surface area contributed by atoms with Crippen LogP contribution in [0.1, 0.15) is 58.3 Å². The van der Waals surface area contributed by atoms with Gasteiger partial charge < -0.3 is 5.32 Å². The molecule has 1 aromatic rings. The van der Waals surface area contributed by atoms with Crippen LogP contribution in [0, 0.1) is 5.92 Å². The molecule has 0 aromatic carbocycles. The number of nitrogens with one attached hydrogen (secondary N) is 1. The van der Waals surface area contributed by atoms with Crippen molar-refractivity contribution in [1.82, 2.24) is 5.32 Å². The van der Waals surface area contributed by atoms with Crippen LogP contribution in [-0.4, -0.2) is 12.1 Å². The molecule has 1 rings (SSSR count). The molecule has 0 spiro atoms. The third kappa shape index (κ3) is 5.22. The Labute approximate surface area is 111 Å². The molecule has 1 aromatic heterocycles. The van der Waals surface area contributed by atoms with Crippen molar-refractivity contribution in [2.75, 3.05) is 6.54 Å². The molecule has 98 valence electrons. The Morgan fingerprint density at radius 2 is 2.06 bits per heavy atom. The summed E-state index contributed by atoms with van der Waals surface area (Å²) in [6, 6.07) is 4.45. The summed E-state index contributed by atoms with van der Waals surface area (Å²) >= 11 is 1.90. The van der Waals surface area contributed by atoms with Crippen molar-refractivity contribution in [2.24, 2.45) is 5.92 Å². The van der Waals surface area contributed by atoms with Crippen molar-refractivity contribution in [3.8, 4) is 0 Å². The van der Waals surface area contributed by atoms with Crippen molar-refractivity contribution in [3.05, 3.63) is 22.4 Å². The van der Waals surface area contributed by atoms with Gasteiger partial charge in [0.05, 0.1) is 0 Å². The average molecular weight is 253 g/mol. The van der Waals surface area contributed by atoms with Gasteiger partial charge in [-0.05, 0) is 38.1 Å². The summed E-state index contributed by atoms with van der Waals surface area (Å²) in [6.45, 7) is 12.5. The zero-order valence-corrected chi connectivity index (χ0v) is 12.7. The Kier molecular flexibility index (Phi) is 5.68. The molecule has 0 saturated heterocycles. The van der Waals surface area contributed by atoms with Gasteiger partial charge in [-0.1, -0.05) is 32.8 Å². The molecule has 17 heavy (non-hydrogen) atoms. The second kappa shape index (κ2) is 6.55. The number of thiophene rings is 1. The van der Waals surface area contributed by atoms with E-state index in [0.717, 1.165) is 12.5 Å². The van der Waals surface area contributed by atoms with Gasteiger partial charge in [0, 0.05) is 22.9 Å². The lowest BCUT2D eigenvalue weighted by Gasteiger charge is -2.28. The summed E-state index contributed by atoms with van der Waals surface area (Å²) in [6.07, 6.45) is 2.59. The fraction of sp³-hybridized carbons (Fsp3) is 0.733. The molecule has 0 saturated carbocycles. The van der Waals surface area contributed by atoms with Crippen molar-refractivity contribution in [1.29, 1.82) is 0 Å². The van der Waals surface area contributed by atoms with Gasteiger partial charge in [0.1, 0.15) is 0 Å². The molecule has 0 aliphatic rings. The van der Waals surface area contributed by atoms with Crippen LogP contribution >= 0.6 is 11.3 Å². The van der Waals surface area contributed by atoms with Gasteiger partial charge in [-0.2, -0.15) is 0 Å². The summed E-state index contributed by atoms with van der Waals surface area (Å²) in [4.78, 5) is 1.53. The Hall–Kier alpha value is -0.340. The molecule has 1 heterocycles. The van der Waals surface area contributed by atoms with E-state index >= 15 is 0 Å². The SMILES string of the molecule is CCCC(C)C(CNC(C)(C)C)c1cccs1. The molecule has 0 aliphatic carbocycles. The highest BCUT2D eigenvalue weighted by atomic mass is 32.1. The maximum atomic E-state index is 3.66. The molecule has 2 unspecified atom stereocenters. The van der Waals surface area contributed by atoms with Gasteiger partial charge >= 0.3 is 0 Å². The first kappa shape index (κ1) is 14.7. The largest absolute Gasteiger partial charge is 0.311 e. The van der Waals surface area contributed by atoms with E-state index in [2.05, 4.69) is 57.4 Å². The quantitative estimate of drug-likeness (QED) is 0.777. The van der Waals surface area contributed by atoms with Crippen LogP contribution in [0.15, 0.2) is 17.5 Å². The predicted octanol–water partition coefficient (Wildman–Crippen LogP) is 4.66. The Balaban J connectivity index is 2.66. The van der Waals surface area contributed by atoms with E-state index in [1.54, 1.807) is 0 Å². The van der Waals surface area contributed by atoms with Crippen LogP contribution in [0.3, 0.4) is 0 Å². The summed E-state index contributed by atoms with van der Waals surface area (Å²) in [7, 11) is 0. The minimum absolute atomic E-state index is 0.210. The zero-order valence-electron chi connectivity index (χ0n) is 11.9. The molecule has 0 amide bonds. The number of hydrogen-bond donors (Lipinski definition) is 1. The molecular formula is C15H27NS. The molecule has 0 bridgehead atoms. The van der Waals surface area contributed by atoms with Crippen molar-refractivity contribution in [3.63, 3.8) is 0 Å². The molecule has 1 nitrogen and oxygen atoms in total. The lowest BCUT2D eigenvalue weighted by molar-refractivity contribution is 0.351. The summed E-state index contributed by atoms with van der Waals surface area (Å²) < 4.78 is 0. The van der Waals surface area contributed by atoms with E-state index in [4.69, 9.17) is 0 Å².